The Morgan fingerprint density at radius 2 is 1.81 bits per heavy atom. The highest BCUT2D eigenvalue weighted by molar-refractivity contribution is 5.89. The topological polar surface area (TPSA) is 57.0 Å². The molecule has 1 aromatic carbocycles. The van der Waals surface area contributed by atoms with E-state index in [0.29, 0.717) is 35.5 Å². The Balaban J connectivity index is 1.38. The minimum atomic E-state index is -0.0626. The Hall–Kier alpha value is -1.91. The van der Waals surface area contributed by atoms with Crippen LogP contribution in [0.5, 0.6) is 0 Å². The number of fused-ring (bicyclic) bond motifs is 1. The molecule has 6 saturated carbocycles. The molecule has 5 nitrogen and oxygen atoms in total. The summed E-state index contributed by atoms with van der Waals surface area (Å²) in [7, 11) is 1.53. The van der Waals surface area contributed by atoms with Crippen molar-refractivity contribution < 1.29 is 9.53 Å². The normalized spacial score (nSPS) is 55.5. The third-order valence-electron chi connectivity index (χ3n) is 7.84. The van der Waals surface area contributed by atoms with Gasteiger partial charge < -0.3 is 4.74 Å². The molecule has 0 spiro atoms. The second kappa shape index (κ2) is 2.38. The Labute approximate surface area is 120 Å². The first-order chi connectivity index (χ1) is 10.3. The summed E-state index contributed by atoms with van der Waals surface area (Å²) in [5, 5.41) is 8.80. The van der Waals surface area contributed by atoms with Gasteiger partial charge in [-0.05, 0) is 47.6 Å². The molecule has 0 aliphatic heterocycles. The summed E-state index contributed by atoms with van der Waals surface area (Å²) in [6.07, 6.45) is 0. The lowest BCUT2D eigenvalue weighted by Crippen LogP contribution is -3.13. The van der Waals surface area contributed by atoms with Crippen molar-refractivity contribution in [2.24, 2.45) is 40.9 Å². The molecule has 0 N–H and O–H groups in total. The molecule has 0 bridgehead atoms. The van der Waals surface area contributed by atoms with Crippen LogP contribution in [0.25, 0.3) is 11.0 Å². The highest BCUT2D eigenvalue weighted by Gasteiger charge is 3.13. The Morgan fingerprint density at radius 1 is 1.14 bits per heavy atom. The molecular weight excluding hydrogens is 266 g/mol. The van der Waals surface area contributed by atoms with Gasteiger partial charge in [0.25, 0.3) is 0 Å². The number of hydrogen-bond donors (Lipinski definition) is 0. The number of nitrogens with zero attached hydrogens (tertiary/aromatic N) is 3. The van der Waals surface area contributed by atoms with E-state index >= 15 is 0 Å². The van der Waals surface area contributed by atoms with Crippen LogP contribution in [0.15, 0.2) is 24.3 Å². The van der Waals surface area contributed by atoms with Crippen LogP contribution in [0.2, 0.25) is 0 Å². The molecule has 6 aliphatic carbocycles. The first-order valence-electron chi connectivity index (χ1n) is 7.70. The monoisotopic (exact) mass is 279 g/mol. The summed E-state index contributed by atoms with van der Waals surface area (Å²) < 4.78 is 7.28. The third-order valence-corrected chi connectivity index (χ3v) is 7.84. The first-order valence-corrected chi connectivity index (χ1v) is 7.70. The van der Waals surface area contributed by atoms with Crippen LogP contribution in [0.1, 0.15) is 0 Å². The molecule has 21 heavy (non-hydrogen) atoms. The quantitative estimate of drug-likeness (QED) is 0.771. The van der Waals surface area contributed by atoms with E-state index in [4.69, 9.17) is 4.74 Å². The second-order valence-corrected chi connectivity index (χ2v) is 7.46. The Bertz CT molecular complexity index is 831. The molecule has 104 valence electrons. The van der Waals surface area contributed by atoms with Crippen molar-refractivity contribution in [2.75, 3.05) is 7.11 Å². The smallest absolute Gasteiger partial charge is 0.312 e. The first kappa shape index (κ1) is 9.92. The van der Waals surface area contributed by atoms with Gasteiger partial charge in [0.15, 0.2) is 0 Å². The van der Waals surface area contributed by atoms with Crippen molar-refractivity contribution in [1.82, 2.24) is 15.0 Å². The van der Waals surface area contributed by atoms with E-state index in [1.54, 1.807) is 0 Å². The zero-order valence-electron chi connectivity index (χ0n) is 11.4. The minimum Gasteiger partial charge on any atom is -0.469 e. The molecule has 5 heteroatoms. The van der Waals surface area contributed by atoms with Gasteiger partial charge in [0, 0.05) is 0 Å². The van der Waals surface area contributed by atoms with E-state index in [0.717, 1.165) is 11.0 Å². The fourth-order valence-electron chi connectivity index (χ4n) is 7.63. The van der Waals surface area contributed by atoms with Gasteiger partial charge in [-0.2, -0.15) is 0 Å². The van der Waals surface area contributed by atoms with E-state index < -0.39 is 0 Å². The molecule has 6 aliphatic rings. The number of carbonyl (C=O) groups is 1. The lowest BCUT2D eigenvalue weighted by atomic mass is 8.94. The van der Waals surface area contributed by atoms with Crippen molar-refractivity contribution in [3.05, 3.63) is 24.3 Å². The molecule has 1 aromatic heterocycles. The predicted molar refractivity (Wildman–Crippen MR) is 70.9 cm³/mol. The third kappa shape index (κ3) is 0.552. The van der Waals surface area contributed by atoms with Crippen molar-refractivity contribution in [3.8, 4) is 0 Å². The van der Waals surface area contributed by atoms with Gasteiger partial charge in [0.05, 0.1) is 23.6 Å². The van der Waals surface area contributed by atoms with Crippen molar-refractivity contribution >= 4 is 17.0 Å². The summed E-state index contributed by atoms with van der Waals surface area (Å²) in [5.41, 5.74) is 2.29. The molecule has 2 aromatic rings. The van der Waals surface area contributed by atoms with Crippen molar-refractivity contribution in [3.63, 3.8) is 0 Å². The summed E-state index contributed by atoms with van der Waals surface area (Å²) in [5.74, 6) is 3.75. The maximum Gasteiger partial charge on any atom is 0.312 e. The van der Waals surface area contributed by atoms with Gasteiger partial charge in [-0.1, -0.05) is 17.3 Å². The molecular formula is C16H13N3O2. The number of ether oxygens (including phenoxy) is 1. The molecule has 0 radical (unpaired) electrons. The van der Waals surface area contributed by atoms with Gasteiger partial charge in [0.2, 0.25) is 0 Å². The lowest BCUT2D eigenvalue weighted by molar-refractivity contribution is -0.632. The lowest BCUT2D eigenvalue weighted by Gasteiger charge is -3.09. The highest BCUT2D eigenvalue weighted by Crippen LogP contribution is 3.09. The van der Waals surface area contributed by atoms with Gasteiger partial charge in [-0.25, -0.2) is 4.68 Å². The number of aromatic nitrogens is 3. The maximum absolute atomic E-state index is 12.1. The molecule has 0 amide bonds. The molecule has 0 saturated heterocycles. The summed E-state index contributed by atoms with van der Waals surface area (Å²) in [6.45, 7) is 0. The van der Waals surface area contributed by atoms with Gasteiger partial charge in [-0.3, -0.25) is 4.79 Å². The average Bonchev–Trinajstić information content (AvgIpc) is 2.97. The highest BCUT2D eigenvalue weighted by atomic mass is 16.5. The molecule has 1 heterocycles. The van der Waals surface area contributed by atoms with Crippen molar-refractivity contribution in [1.29, 1.82) is 0 Å². The zero-order chi connectivity index (χ0) is 13.7. The summed E-state index contributed by atoms with van der Waals surface area (Å²) in [4.78, 5) is 12.1. The SMILES string of the molecule is COC(=O)C12C3C4C1C1C2C3C41n1nnc2ccccc21. The number of carbonyl (C=O) groups excluding carboxylic acids is 1. The van der Waals surface area contributed by atoms with E-state index in [1.165, 1.54) is 7.11 Å². The fraction of sp³-hybridized carbons (Fsp3) is 0.562. The number of para-hydroxylation sites is 1. The number of methoxy groups -OCH3 is 1. The van der Waals surface area contributed by atoms with Crippen LogP contribution in [-0.4, -0.2) is 28.1 Å². The average molecular weight is 279 g/mol. The molecule has 0 atom stereocenters. The number of benzene rings is 1. The minimum absolute atomic E-state index is 0.0583. The number of rotatable bonds is 2. The van der Waals surface area contributed by atoms with E-state index in [-0.39, 0.29) is 16.9 Å². The largest absolute Gasteiger partial charge is 0.469 e. The zero-order valence-corrected chi connectivity index (χ0v) is 11.4. The molecule has 8 rings (SSSR count). The van der Waals surface area contributed by atoms with Crippen LogP contribution in [0.4, 0.5) is 0 Å². The van der Waals surface area contributed by atoms with E-state index in [1.807, 2.05) is 12.1 Å². The van der Waals surface area contributed by atoms with E-state index in [2.05, 4.69) is 27.1 Å². The van der Waals surface area contributed by atoms with Crippen LogP contribution in [0.3, 0.4) is 0 Å². The molecule has 0 unspecified atom stereocenters. The second-order valence-electron chi connectivity index (χ2n) is 7.46. The van der Waals surface area contributed by atoms with Crippen LogP contribution >= 0.6 is 0 Å². The molecule has 6 fully saturated rings. The van der Waals surface area contributed by atoms with Gasteiger partial charge in [-0.15, -0.1) is 5.10 Å². The Kier molecular flexibility index (Phi) is 1.13. The standard InChI is InChI=1S/C16H13N3O2/c1-21-14(20)15-8-11-9(15)13-10(15)12(8)16(11,13)19-7-5-3-2-4-6(7)17-18-19/h2-5,8-13H,1H3. The fourth-order valence-corrected chi connectivity index (χ4v) is 7.63. The predicted octanol–water partition coefficient (Wildman–Crippen LogP) is 1.05. The van der Waals surface area contributed by atoms with E-state index in [9.17, 15) is 4.79 Å². The summed E-state index contributed by atoms with van der Waals surface area (Å²) >= 11 is 0. The van der Waals surface area contributed by atoms with Gasteiger partial charge in [0.1, 0.15) is 5.52 Å². The number of esters is 1. The Morgan fingerprint density at radius 3 is 2.48 bits per heavy atom. The van der Waals surface area contributed by atoms with Crippen LogP contribution in [0, 0.1) is 40.9 Å². The maximum atomic E-state index is 12.1. The van der Waals surface area contributed by atoms with Gasteiger partial charge >= 0.3 is 5.97 Å². The summed E-state index contributed by atoms with van der Waals surface area (Å²) in [6, 6.07) is 8.20. The van der Waals surface area contributed by atoms with Crippen molar-refractivity contribution in [2.45, 2.75) is 5.54 Å². The van der Waals surface area contributed by atoms with Crippen LogP contribution in [-0.2, 0) is 15.1 Å². The number of hydrogen-bond acceptors (Lipinski definition) is 4. The van der Waals surface area contributed by atoms with Crippen LogP contribution < -0.4 is 0 Å².